The number of amides is 1. The van der Waals surface area contributed by atoms with E-state index in [9.17, 15) is 4.79 Å². The Bertz CT molecular complexity index is 442. The van der Waals surface area contributed by atoms with E-state index in [1.165, 1.54) is 0 Å². The lowest BCUT2D eigenvalue weighted by Gasteiger charge is -2.25. The Morgan fingerprint density at radius 2 is 2.05 bits per heavy atom. The summed E-state index contributed by atoms with van der Waals surface area (Å²) in [6.45, 7) is 8.23. The van der Waals surface area contributed by atoms with Crippen molar-refractivity contribution < 1.29 is 9.53 Å². The maximum absolute atomic E-state index is 12.0. The van der Waals surface area contributed by atoms with Crippen LogP contribution in [0.1, 0.15) is 38.9 Å². The van der Waals surface area contributed by atoms with Gasteiger partial charge in [-0.3, -0.25) is 10.1 Å². The summed E-state index contributed by atoms with van der Waals surface area (Å²) in [5.41, 5.74) is 1.11. The van der Waals surface area contributed by atoms with Gasteiger partial charge in [-0.2, -0.15) is 0 Å². The van der Waals surface area contributed by atoms with Crippen LogP contribution >= 0.6 is 0 Å². The van der Waals surface area contributed by atoms with Crippen LogP contribution in [0.2, 0.25) is 0 Å². The molecule has 0 radical (unpaired) electrons. The molecular weight excluding hydrogens is 252 g/mol. The standard InChI is InChI=1S/C16H24N2O2/c1-4-20-14-7-5-13(6-8-14)16-17-11-15(19)18(16)10-9-12(2)3/h5-8,12,16-17H,4,9-11H2,1-3H3. The van der Waals surface area contributed by atoms with E-state index in [1.54, 1.807) is 0 Å². The van der Waals surface area contributed by atoms with Crippen LogP contribution in [0.4, 0.5) is 0 Å². The molecule has 1 heterocycles. The number of hydrogen-bond donors (Lipinski definition) is 1. The molecule has 0 saturated carbocycles. The first kappa shape index (κ1) is 14.9. The Kier molecular flexibility index (Phi) is 5.01. The van der Waals surface area contributed by atoms with Crippen molar-refractivity contribution in [3.8, 4) is 5.75 Å². The highest BCUT2D eigenvalue weighted by Gasteiger charge is 2.31. The number of hydrogen-bond acceptors (Lipinski definition) is 3. The van der Waals surface area contributed by atoms with Crippen molar-refractivity contribution in [1.29, 1.82) is 0 Å². The molecule has 1 unspecified atom stereocenters. The lowest BCUT2D eigenvalue weighted by Crippen LogP contribution is -2.31. The average Bonchev–Trinajstić information content (AvgIpc) is 2.79. The highest BCUT2D eigenvalue weighted by molar-refractivity contribution is 5.80. The lowest BCUT2D eigenvalue weighted by molar-refractivity contribution is -0.128. The number of nitrogens with zero attached hydrogens (tertiary/aromatic N) is 1. The fraction of sp³-hybridized carbons (Fsp3) is 0.562. The van der Waals surface area contributed by atoms with E-state index in [4.69, 9.17) is 4.74 Å². The van der Waals surface area contributed by atoms with Crippen LogP contribution in [0.3, 0.4) is 0 Å². The minimum Gasteiger partial charge on any atom is -0.494 e. The molecule has 1 amide bonds. The molecule has 1 aliphatic rings. The highest BCUT2D eigenvalue weighted by Crippen LogP contribution is 2.25. The number of rotatable bonds is 6. The number of benzene rings is 1. The molecule has 0 spiro atoms. The van der Waals surface area contributed by atoms with Crippen molar-refractivity contribution in [3.05, 3.63) is 29.8 Å². The molecular formula is C16H24N2O2. The molecule has 0 aliphatic carbocycles. The average molecular weight is 276 g/mol. The van der Waals surface area contributed by atoms with E-state index in [1.807, 2.05) is 36.1 Å². The molecule has 1 fully saturated rings. The first-order valence-corrected chi connectivity index (χ1v) is 7.37. The van der Waals surface area contributed by atoms with E-state index < -0.39 is 0 Å². The van der Waals surface area contributed by atoms with E-state index >= 15 is 0 Å². The molecule has 1 atom stereocenters. The first-order valence-electron chi connectivity index (χ1n) is 7.37. The van der Waals surface area contributed by atoms with E-state index in [0.717, 1.165) is 24.3 Å². The molecule has 20 heavy (non-hydrogen) atoms. The van der Waals surface area contributed by atoms with Crippen molar-refractivity contribution in [1.82, 2.24) is 10.2 Å². The Hall–Kier alpha value is -1.55. The van der Waals surface area contributed by atoms with Gasteiger partial charge in [-0.15, -0.1) is 0 Å². The summed E-state index contributed by atoms with van der Waals surface area (Å²) in [5, 5.41) is 3.28. The highest BCUT2D eigenvalue weighted by atomic mass is 16.5. The summed E-state index contributed by atoms with van der Waals surface area (Å²) in [7, 11) is 0. The third-order valence-electron chi connectivity index (χ3n) is 3.53. The first-order chi connectivity index (χ1) is 9.61. The third-order valence-corrected chi connectivity index (χ3v) is 3.53. The summed E-state index contributed by atoms with van der Waals surface area (Å²) < 4.78 is 5.45. The molecule has 1 aliphatic heterocycles. The molecule has 2 rings (SSSR count). The fourth-order valence-electron chi connectivity index (χ4n) is 2.40. The summed E-state index contributed by atoms with van der Waals surface area (Å²) in [6.07, 6.45) is 1.03. The van der Waals surface area contributed by atoms with Gasteiger partial charge in [0.2, 0.25) is 5.91 Å². The van der Waals surface area contributed by atoms with Crippen molar-refractivity contribution in [2.45, 2.75) is 33.4 Å². The topological polar surface area (TPSA) is 41.6 Å². The molecule has 0 aromatic heterocycles. The quantitative estimate of drug-likeness (QED) is 0.868. The minimum atomic E-state index is -0.00285. The van der Waals surface area contributed by atoms with Gasteiger partial charge in [-0.25, -0.2) is 0 Å². The predicted molar refractivity (Wildman–Crippen MR) is 79.5 cm³/mol. The summed E-state index contributed by atoms with van der Waals surface area (Å²) in [4.78, 5) is 13.9. The van der Waals surface area contributed by atoms with Gasteiger partial charge in [0.25, 0.3) is 0 Å². The van der Waals surface area contributed by atoms with Crippen LogP contribution < -0.4 is 10.1 Å². The van der Waals surface area contributed by atoms with Gasteiger partial charge in [0.05, 0.1) is 13.2 Å². The molecule has 110 valence electrons. The largest absolute Gasteiger partial charge is 0.494 e. The molecule has 4 nitrogen and oxygen atoms in total. The number of ether oxygens (including phenoxy) is 1. The molecule has 1 N–H and O–H groups in total. The third kappa shape index (κ3) is 3.51. The van der Waals surface area contributed by atoms with Crippen molar-refractivity contribution in [3.63, 3.8) is 0 Å². The predicted octanol–water partition coefficient (Wildman–Crippen LogP) is 2.56. The number of carbonyl (C=O) groups excluding carboxylic acids is 1. The van der Waals surface area contributed by atoms with Crippen LogP contribution in [0.25, 0.3) is 0 Å². The zero-order valence-electron chi connectivity index (χ0n) is 12.6. The monoisotopic (exact) mass is 276 g/mol. The number of nitrogens with one attached hydrogen (secondary N) is 1. The second-order valence-corrected chi connectivity index (χ2v) is 5.56. The fourth-order valence-corrected chi connectivity index (χ4v) is 2.40. The Morgan fingerprint density at radius 1 is 1.35 bits per heavy atom. The van der Waals surface area contributed by atoms with Gasteiger partial charge >= 0.3 is 0 Å². The zero-order valence-corrected chi connectivity index (χ0v) is 12.6. The number of carbonyl (C=O) groups is 1. The normalized spacial score (nSPS) is 18.9. The van der Waals surface area contributed by atoms with E-state index in [0.29, 0.717) is 19.1 Å². The molecule has 1 saturated heterocycles. The molecule has 1 aromatic carbocycles. The van der Waals surface area contributed by atoms with Gasteiger partial charge in [0, 0.05) is 6.54 Å². The van der Waals surface area contributed by atoms with Gasteiger partial charge < -0.3 is 9.64 Å². The van der Waals surface area contributed by atoms with Crippen LogP contribution in [0.5, 0.6) is 5.75 Å². The summed E-state index contributed by atoms with van der Waals surface area (Å²) >= 11 is 0. The Morgan fingerprint density at radius 3 is 2.65 bits per heavy atom. The van der Waals surface area contributed by atoms with Crippen molar-refractivity contribution >= 4 is 5.91 Å². The SMILES string of the molecule is CCOc1ccc(C2NCC(=O)N2CCC(C)C)cc1. The zero-order chi connectivity index (χ0) is 14.5. The second-order valence-electron chi connectivity index (χ2n) is 5.56. The summed E-state index contributed by atoms with van der Waals surface area (Å²) in [6, 6.07) is 7.99. The lowest BCUT2D eigenvalue weighted by atomic mass is 10.1. The van der Waals surface area contributed by atoms with Crippen molar-refractivity contribution in [2.75, 3.05) is 19.7 Å². The van der Waals surface area contributed by atoms with Gasteiger partial charge in [0.15, 0.2) is 0 Å². The smallest absolute Gasteiger partial charge is 0.238 e. The Balaban J connectivity index is 2.07. The van der Waals surface area contributed by atoms with Gasteiger partial charge in [0.1, 0.15) is 11.9 Å². The summed E-state index contributed by atoms with van der Waals surface area (Å²) in [5.74, 6) is 1.66. The van der Waals surface area contributed by atoms with E-state index in [2.05, 4.69) is 19.2 Å². The molecule has 4 heteroatoms. The van der Waals surface area contributed by atoms with Crippen LogP contribution in [-0.2, 0) is 4.79 Å². The maximum Gasteiger partial charge on any atom is 0.238 e. The second kappa shape index (κ2) is 6.75. The molecule has 1 aromatic rings. The van der Waals surface area contributed by atoms with Gasteiger partial charge in [-0.05, 0) is 37.0 Å². The molecule has 0 bridgehead atoms. The van der Waals surface area contributed by atoms with Crippen LogP contribution in [0.15, 0.2) is 24.3 Å². The minimum absolute atomic E-state index is 0.00285. The van der Waals surface area contributed by atoms with E-state index in [-0.39, 0.29) is 12.1 Å². The van der Waals surface area contributed by atoms with Gasteiger partial charge in [-0.1, -0.05) is 26.0 Å². The van der Waals surface area contributed by atoms with Crippen LogP contribution in [0, 0.1) is 5.92 Å². The van der Waals surface area contributed by atoms with Crippen LogP contribution in [-0.4, -0.2) is 30.5 Å². The maximum atomic E-state index is 12.0. The van der Waals surface area contributed by atoms with Crippen molar-refractivity contribution in [2.24, 2.45) is 5.92 Å². The Labute approximate surface area is 121 Å².